The Hall–Kier alpha value is -2.10. The second kappa shape index (κ2) is 4.72. The molecule has 102 valence electrons. The summed E-state index contributed by atoms with van der Waals surface area (Å²) in [5, 5.41) is 2.02. The van der Waals surface area contributed by atoms with Gasteiger partial charge in [0.05, 0.1) is 22.1 Å². The van der Waals surface area contributed by atoms with Gasteiger partial charge in [-0.2, -0.15) is 0 Å². The van der Waals surface area contributed by atoms with Crippen LogP contribution in [0.15, 0.2) is 48.5 Å². The van der Waals surface area contributed by atoms with Crippen LogP contribution in [0.1, 0.15) is 0 Å². The summed E-state index contributed by atoms with van der Waals surface area (Å²) in [7, 11) is 0. The molecule has 0 saturated carbocycles. The SMILES string of the molecule is Clc1ccc2nc(Cl)c(-c3nc4ccccc4[nH]3)cc2c1. The molecule has 2 heterocycles. The molecule has 0 spiro atoms. The van der Waals surface area contributed by atoms with Crippen LogP contribution in [-0.4, -0.2) is 15.0 Å². The van der Waals surface area contributed by atoms with Crippen molar-refractivity contribution in [1.29, 1.82) is 0 Å². The van der Waals surface area contributed by atoms with Gasteiger partial charge in [-0.15, -0.1) is 0 Å². The summed E-state index contributed by atoms with van der Waals surface area (Å²) in [5.41, 5.74) is 3.44. The summed E-state index contributed by atoms with van der Waals surface area (Å²) in [6.07, 6.45) is 0. The van der Waals surface area contributed by atoms with Gasteiger partial charge in [-0.05, 0) is 36.4 Å². The molecule has 2 aromatic heterocycles. The lowest BCUT2D eigenvalue weighted by Crippen LogP contribution is -1.87. The molecule has 4 aromatic rings. The van der Waals surface area contributed by atoms with E-state index in [1.54, 1.807) is 6.07 Å². The number of aromatic nitrogens is 3. The van der Waals surface area contributed by atoms with Crippen molar-refractivity contribution in [1.82, 2.24) is 15.0 Å². The van der Waals surface area contributed by atoms with Crippen molar-refractivity contribution in [2.45, 2.75) is 0 Å². The standard InChI is InChI=1S/C16H9Cl2N3/c17-10-5-6-12-9(7-10)8-11(15(18)19-12)16-20-13-3-1-2-4-14(13)21-16/h1-8H,(H,20,21). The van der Waals surface area contributed by atoms with Gasteiger partial charge < -0.3 is 4.98 Å². The molecule has 0 amide bonds. The van der Waals surface area contributed by atoms with Crippen molar-refractivity contribution < 1.29 is 0 Å². The summed E-state index contributed by atoms with van der Waals surface area (Å²) in [6, 6.07) is 15.3. The first-order valence-corrected chi connectivity index (χ1v) is 7.17. The third kappa shape index (κ3) is 2.15. The van der Waals surface area contributed by atoms with Crippen LogP contribution in [0.3, 0.4) is 0 Å². The summed E-state index contributed by atoms with van der Waals surface area (Å²) < 4.78 is 0. The number of H-pyrrole nitrogens is 1. The van der Waals surface area contributed by atoms with Gasteiger partial charge in [-0.3, -0.25) is 0 Å². The predicted octanol–water partition coefficient (Wildman–Crippen LogP) is 5.08. The van der Waals surface area contributed by atoms with Crippen molar-refractivity contribution in [2.24, 2.45) is 0 Å². The van der Waals surface area contributed by atoms with E-state index >= 15 is 0 Å². The molecule has 0 atom stereocenters. The van der Waals surface area contributed by atoms with E-state index in [2.05, 4.69) is 15.0 Å². The van der Waals surface area contributed by atoms with E-state index in [9.17, 15) is 0 Å². The molecule has 0 unspecified atom stereocenters. The molecule has 1 N–H and O–H groups in total. The number of hydrogen-bond acceptors (Lipinski definition) is 2. The molecule has 0 bridgehead atoms. The highest BCUT2D eigenvalue weighted by molar-refractivity contribution is 6.33. The fourth-order valence-corrected chi connectivity index (χ4v) is 2.79. The van der Waals surface area contributed by atoms with E-state index in [0.717, 1.165) is 27.5 Å². The normalized spacial score (nSPS) is 11.3. The molecular formula is C16H9Cl2N3. The number of pyridine rings is 1. The molecule has 4 rings (SSSR count). The average molecular weight is 314 g/mol. The van der Waals surface area contributed by atoms with E-state index < -0.39 is 0 Å². The fraction of sp³-hybridized carbons (Fsp3) is 0. The Bertz CT molecular complexity index is 943. The third-order valence-electron chi connectivity index (χ3n) is 3.37. The van der Waals surface area contributed by atoms with Crippen molar-refractivity contribution in [3.05, 3.63) is 58.7 Å². The number of para-hydroxylation sites is 2. The predicted molar refractivity (Wildman–Crippen MR) is 86.9 cm³/mol. The Balaban J connectivity index is 1.98. The van der Waals surface area contributed by atoms with Gasteiger partial charge in [-0.1, -0.05) is 35.3 Å². The van der Waals surface area contributed by atoms with Gasteiger partial charge in [-0.25, -0.2) is 9.97 Å². The van der Waals surface area contributed by atoms with E-state index in [1.165, 1.54) is 0 Å². The highest BCUT2D eigenvalue weighted by atomic mass is 35.5. The number of nitrogens with zero attached hydrogens (tertiary/aromatic N) is 2. The zero-order valence-corrected chi connectivity index (χ0v) is 12.3. The highest BCUT2D eigenvalue weighted by Gasteiger charge is 2.11. The van der Waals surface area contributed by atoms with Crippen LogP contribution in [0, 0.1) is 0 Å². The summed E-state index contributed by atoms with van der Waals surface area (Å²) in [4.78, 5) is 12.2. The molecule has 0 aliphatic rings. The average Bonchev–Trinajstić information content (AvgIpc) is 2.90. The topological polar surface area (TPSA) is 41.6 Å². The van der Waals surface area contributed by atoms with Crippen LogP contribution in [0.25, 0.3) is 33.3 Å². The first kappa shape index (κ1) is 12.6. The van der Waals surface area contributed by atoms with Gasteiger partial charge in [0.2, 0.25) is 0 Å². The Morgan fingerprint density at radius 1 is 0.857 bits per heavy atom. The third-order valence-corrected chi connectivity index (χ3v) is 3.90. The van der Waals surface area contributed by atoms with Crippen LogP contribution < -0.4 is 0 Å². The van der Waals surface area contributed by atoms with Crippen molar-refractivity contribution in [3.8, 4) is 11.4 Å². The van der Waals surface area contributed by atoms with E-state index in [1.807, 2.05) is 42.5 Å². The van der Waals surface area contributed by atoms with Crippen LogP contribution in [-0.2, 0) is 0 Å². The smallest absolute Gasteiger partial charge is 0.141 e. The molecule has 3 nitrogen and oxygen atoms in total. The second-order valence-electron chi connectivity index (χ2n) is 4.77. The molecule has 0 radical (unpaired) electrons. The molecule has 0 aliphatic heterocycles. The van der Waals surface area contributed by atoms with E-state index in [4.69, 9.17) is 23.2 Å². The molecule has 21 heavy (non-hydrogen) atoms. The number of aromatic amines is 1. The summed E-state index contributed by atoms with van der Waals surface area (Å²) in [6.45, 7) is 0. The zero-order chi connectivity index (χ0) is 14.4. The van der Waals surface area contributed by atoms with Gasteiger partial charge in [0.25, 0.3) is 0 Å². The van der Waals surface area contributed by atoms with E-state index in [-0.39, 0.29) is 0 Å². The van der Waals surface area contributed by atoms with Crippen LogP contribution in [0.2, 0.25) is 10.2 Å². The van der Waals surface area contributed by atoms with Gasteiger partial charge in [0.1, 0.15) is 11.0 Å². The minimum atomic E-state index is 0.420. The van der Waals surface area contributed by atoms with Crippen LogP contribution in [0.5, 0.6) is 0 Å². The number of benzene rings is 2. The summed E-state index contributed by atoms with van der Waals surface area (Å²) in [5.74, 6) is 0.704. The number of halogens is 2. The first-order chi connectivity index (χ1) is 10.2. The summed E-state index contributed by atoms with van der Waals surface area (Å²) >= 11 is 12.3. The van der Waals surface area contributed by atoms with E-state index in [0.29, 0.717) is 16.0 Å². The molecule has 0 saturated heterocycles. The van der Waals surface area contributed by atoms with Crippen molar-refractivity contribution in [2.75, 3.05) is 0 Å². The van der Waals surface area contributed by atoms with Crippen molar-refractivity contribution >= 4 is 45.1 Å². The van der Waals surface area contributed by atoms with Gasteiger partial charge in [0.15, 0.2) is 0 Å². The second-order valence-corrected chi connectivity index (χ2v) is 5.56. The highest BCUT2D eigenvalue weighted by Crippen LogP contribution is 2.30. The lowest BCUT2D eigenvalue weighted by molar-refractivity contribution is 1.31. The molecular weight excluding hydrogens is 305 g/mol. The minimum Gasteiger partial charge on any atom is -0.338 e. The fourth-order valence-electron chi connectivity index (χ4n) is 2.37. The number of hydrogen-bond donors (Lipinski definition) is 1. The zero-order valence-electron chi connectivity index (χ0n) is 10.8. The lowest BCUT2D eigenvalue weighted by Gasteiger charge is -2.04. The Morgan fingerprint density at radius 2 is 1.71 bits per heavy atom. The maximum atomic E-state index is 6.30. The minimum absolute atomic E-state index is 0.420. The molecule has 5 heteroatoms. The quantitative estimate of drug-likeness (QED) is 0.497. The number of nitrogens with one attached hydrogen (secondary N) is 1. The number of fused-ring (bicyclic) bond motifs is 2. The van der Waals surface area contributed by atoms with Crippen molar-refractivity contribution in [3.63, 3.8) is 0 Å². The van der Waals surface area contributed by atoms with Gasteiger partial charge >= 0.3 is 0 Å². The van der Waals surface area contributed by atoms with Crippen LogP contribution in [0.4, 0.5) is 0 Å². The monoisotopic (exact) mass is 313 g/mol. The first-order valence-electron chi connectivity index (χ1n) is 6.42. The van der Waals surface area contributed by atoms with Gasteiger partial charge in [0, 0.05) is 10.4 Å². The maximum absolute atomic E-state index is 6.30. The Kier molecular flexibility index (Phi) is 2.84. The van der Waals surface area contributed by atoms with Crippen LogP contribution >= 0.6 is 23.2 Å². The molecule has 0 fully saturated rings. The largest absolute Gasteiger partial charge is 0.338 e. The molecule has 2 aromatic carbocycles. The Labute approximate surface area is 130 Å². The lowest BCUT2D eigenvalue weighted by atomic mass is 10.1. The Morgan fingerprint density at radius 3 is 2.57 bits per heavy atom. The number of imidazole rings is 1. The maximum Gasteiger partial charge on any atom is 0.141 e. The molecule has 0 aliphatic carbocycles. The number of rotatable bonds is 1.